The molecule has 3 aromatic rings. The lowest BCUT2D eigenvalue weighted by Crippen LogP contribution is -2.44. The van der Waals surface area contributed by atoms with Gasteiger partial charge in [0.25, 0.3) is 0 Å². The Balaban J connectivity index is 0.00000256. The first-order valence-corrected chi connectivity index (χ1v) is 10.2. The van der Waals surface area contributed by atoms with E-state index in [1.165, 1.54) is 0 Å². The van der Waals surface area contributed by atoms with Gasteiger partial charge in [-0.25, -0.2) is 9.97 Å². The van der Waals surface area contributed by atoms with E-state index in [4.69, 9.17) is 4.74 Å². The molecule has 2 aromatic heterocycles. The van der Waals surface area contributed by atoms with Crippen molar-refractivity contribution in [1.82, 2.24) is 15.0 Å². The van der Waals surface area contributed by atoms with E-state index in [1.807, 2.05) is 55.4 Å². The Morgan fingerprint density at radius 2 is 2.03 bits per heavy atom. The number of anilines is 3. The fourth-order valence-corrected chi connectivity index (χ4v) is 3.52. The molecule has 1 amide bonds. The second-order valence-electron chi connectivity index (χ2n) is 6.87. The number of thiazole rings is 1. The van der Waals surface area contributed by atoms with Crippen LogP contribution in [-0.4, -0.2) is 33.9 Å². The molecular weight excluding hydrogens is 420 g/mol. The van der Waals surface area contributed by atoms with E-state index in [0.717, 1.165) is 28.5 Å². The van der Waals surface area contributed by atoms with Crippen LogP contribution in [0.4, 0.5) is 17.5 Å². The molecule has 1 aromatic carbocycles. The van der Waals surface area contributed by atoms with Crippen LogP contribution in [0.15, 0.2) is 35.2 Å². The summed E-state index contributed by atoms with van der Waals surface area (Å²) in [5.41, 5.74) is 5.21. The monoisotopic (exact) mass is 444 g/mol. The van der Waals surface area contributed by atoms with E-state index in [9.17, 15) is 4.79 Å². The third-order valence-electron chi connectivity index (χ3n) is 4.86. The summed E-state index contributed by atoms with van der Waals surface area (Å²) in [4.78, 5) is 27.2. The van der Waals surface area contributed by atoms with Crippen molar-refractivity contribution in [3.05, 3.63) is 52.1 Å². The minimum absolute atomic E-state index is 0. The highest BCUT2D eigenvalue weighted by atomic mass is 32.1. The number of nitrogens with zero attached hydrogens (tertiary/aromatic N) is 4. The third-order valence-corrected chi connectivity index (χ3v) is 5.49. The summed E-state index contributed by atoms with van der Waals surface area (Å²) in [5, 5.41) is 8.12. The molecule has 0 unspecified atom stereocenters. The molecule has 0 fully saturated rings. The first-order valence-electron chi connectivity index (χ1n) is 9.26. The van der Waals surface area contributed by atoms with Crippen LogP contribution >= 0.6 is 24.8 Å². The average Bonchev–Trinajstić information content (AvgIpc) is 3.24. The number of ether oxygens (including phenoxy) is 1. The van der Waals surface area contributed by atoms with Crippen molar-refractivity contribution in [3.63, 3.8) is 0 Å². The van der Waals surface area contributed by atoms with Crippen molar-refractivity contribution in [2.24, 2.45) is 0 Å². The molecule has 0 spiro atoms. The van der Waals surface area contributed by atoms with Crippen molar-refractivity contribution >= 4 is 48.2 Å². The van der Waals surface area contributed by atoms with Crippen molar-refractivity contribution < 1.29 is 9.53 Å². The number of aromatic nitrogens is 3. The Bertz CT molecular complexity index is 1010. The summed E-state index contributed by atoms with van der Waals surface area (Å²) in [6, 6.07) is 7.61. The molecule has 10 heteroatoms. The van der Waals surface area contributed by atoms with Crippen LogP contribution in [-0.2, 0) is 17.9 Å². The van der Waals surface area contributed by atoms with Crippen molar-refractivity contribution in [3.8, 4) is 5.75 Å². The summed E-state index contributed by atoms with van der Waals surface area (Å²) in [5.74, 6) is 2.00. The number of hydrogen-bond acceptors (Lipinski definition) is 8. The standard InChI is InChI=1S/C20H22N6O2S.H2S/c1-12-17-18(26(3)13(2)19(27)24-17)25-20(23-12)21-8-14-4-6-16(7-5-14)28-9-15-10-29-11-22-15;/h4-7,10-11,13H,8-9H2,1-3H3,(H,24,27)(H,21,23,25);1H2/t13-;/m0./s1. The molecule has 0 saturated heterocycles. The summed E-state index contributed by atoms with van der Waals surface area (Å²) >= 11 is 1.56. The van der Waals surface area contributed by atoms with Gasteiger partial charge in [-0.3, -0.25) is 4.79 Å². The lowest BCUT2D eigenvalue weighted by atomic mass is 10.2. The summed E-state index contributed by atoms with van der Waals surface area (Å²) in [6.45, 7) is 4.76. The van der Waals surface area contributed by atoms with E-state index in [-0.39, 0.29) is 25.4 Å². The highest BCUT2D eigenvalue weighted by Gasteiger charge is 2.30. The largest absolute Gasteiger partial charge is 0.487 e. The lowest BCUT2D eigenvalue weighted by molar-refractivity contribution is -0.117. The zero-order valence-corrected chi connectivity index (χ0v) is 18.8. The number of aryl methyl sites for hydroxylation is 1. The number of fused-ring (bicyclic) bond motifs is 1. The van der Waals surface area contributed by atoms with Gasteiger partial charge in [0.1, 0.15) is 24.1 Å². The number of rotatable bonds is 6. The van der Waals surface area contributed by atoms with Crippen molar-refractivity contribution in [1.29, 1.82) is 0 Å². The SMILES string of the molecule is Cc1nc(NCc2ccc(OCc3cscn3)cc2)nc2c1NC(=O)[C@H](C)N2C.S. The number of benzene rings is 1. The number of carbonyl (C=O) groups excluding carboxylic acids is 1. The van der Waals surface area contributed by atoms with E-state index in [0.29, 0.717) is 24.8 Å². The van der Waals surface area contributed by atoms with Gasteiger partial charge in [-0.05, 0) is 31.5 Å². The summed E-state index contributed by atoms with van der Waals surface area (Å²) in [7, 11) is 1.86. The van der Waals surface area contributed by atoms with Gasteiger partial charge in [0.2, 0.25) is 11.9 Å². The molecule has 1 aliphatic rings. The Morgan fingerprint density at radius 3 is 2.73 bits per heavy atom. The highest BCUT2D eigenvalue weighted by molar-refractivity contribution is 7.59. The van der Waals surface area contributed by atoms with Gasteiger partial charge >= 0.3 is 0 Å². The highest BCUT2D eigenvalue weighted by Crippen LogP contribution is 2.32. The number of amides is 1. The number of hydrogen-bond donors (Lipinski definition) is 2. The normalized spacial score (nSPS) is 15.1. The fraction of sp³-hybridized carbons (Fsp3) is 0.300. The van der Waals surface area contributed by atoms with Crippen molar-refractivity contribution in [2.45, 2.75) is 33.0 Å². The molecule has 158 valence electrons. The Morgan fingerprint density at radius 1 is 1.27 bits per heavy atom. The fourth-order valence-electron chi connectivity index (χ4n) is 2.98. The molecular formula is C20H24N6O2S2. The Kier molecular flexibility index (Phi) is 6.78. The zero-order chi connectivity index (χ0) is 20.4. The van der Waals surface area contributed by atoms with Crippen LogP contribution in [0.2, 0.25) is 0 Å². The van der Waals surface area contributed by atoms with Gasteiger partial charge in [-0.1, -0.05) is 12.1 Å². The molecule has 1 atom stereocenters. The maximum Gasteiger partial charge on any atom is 0.246 e. The maximum atomic E-state index is 12.0. The van der Waals surface area contributed by atoms with Gasteiger partial charge < -0.3 is 20.3 Å². The molecule has 1 aliphatic heterocycles. The minimum atomic E-state index is -0.276. The van der Waals surface area contributed by atoms with Crippen LogP contribution in [0.3, 0.4) is 0 Å². The molecule has 2 N–H and O–H groups in total. The topological polar surface area (TPSA) is 92.3 Å². The van der Waals surface area contributed by atoms with Crippen LogP contribution in [0.5, 0.6) is 5.75 Å². The van der Waals surface area contributed by atoms with Gasteiger partial charge in [0.05, 0.1) is 16.9 Å². The maximum absolute atomic E-state index is 12.0. The Hall–Kier alpha value is -2.85. The molecule has 0 bridgehead atoms. The van der Waals surface area contributed by atoms with Gasteiger partial charge in [0.15, 0.2) is 5.82 Å². The predicted octanol–water partition coefficient (Wildman–Crippen LogP) is 3.32. The summed E-state index contributed by atoms with van der Waals surface area (Å²) in [6.07, 6.45) is 0. The van der Waals surface area contributed by atoms with Crippen LogP contribution in [0.25, 0.3) is 0 Å². The van der Waals surface area contributed by atoms with Gasteiger partial charge in [-0.15, -0.1) is 11.3 Å². The van der Waals surface area contributed by atoms with E-state index < -0.39 is 0 Å². The quantitative estimate of drug-likeness (QED) is 0.602. The van der Waals surface area contributed by atoms with Crippen LogP contribution in [0.1, 0.15) is 23.9 Å². The minimum Gasteiger partial charge on any atom is -0.487 e. The molecule has 4 rings (SSSR count). The average molecular weight is 445 g/mol. The molecule has 8 nitrogen and oxygen atoms in total. The second kappa shape index (κ2) is 9.31. The van der Waals surface area contributed by atoms with Crippen molar-refractivity contribution in [2.75, 3.05) is 22.6 Å². The van der Waals surface area contributed by atoms with E-state index >= 15 is 0 Å². The first-order chi connectivity index (χ1) is 14.0. The summed E-state index contributed by atoms with van der Waals surface area (Å²) < 4.78 is 5.74. The smallest absolute Gasteiger partial charge is 0.246 e. The molecule has 0 aliphatic carbocycles. The lowest BCUT2D eigenvalue weighted by Gasteiger charge is -2.32. The van der Waals surface area contributed by atoms with Crippen LogP contribution in [0, 0.1) is 6.92 Å². The number of nitrogens with one attached hydrogen (secondary N) is 2. The number of carbonyl (C=O) groups is 1. The molecule has 0 saturated carbocycles. The van der Waals surface area contributed by atoms with E-state index in [2.05, 4.69) is 25.6 Å². The van der Waals surface area contributed by atoms with Gasteiger partial charge in [-0.2, -0.15) is 18.5 Å². The predicted molar refractivity (Wildman–Crippen MR) is 124 cm³/mol. The van der Waals surface area contributed by atoms with E-state index in [1.54, 1.807) is 16.8 Å². The first kappa shape index (κ1) is 21.8. The molecule has 0 radical (unpaired) electrons. The number of likely N-dealkylation sites (N-methyl/N-ethyl adjacent to an activating group) is 1. The Labute approximate surface area is 186 Å². The van der Waals surface area contributed by atoms with Gasteiger partial charge in [0, 0.05) is 19.0 Å². The molecule has 3 heterocycles. The molecule has 30 heavy (non-hydrogen) atoms. The third kappa shape index (κ3) is 4.65. The second-order valence-corrected chi connectivity index (χ2v) is 7.59. The zero-order valence-electron chi connectivity index (χ0n) is 17.0. The van der Waals surface area contributed by atoms with Crippen LogP contribution < -0.4 is 20.3 Å².